The van der Waals surface area contributed by atoms with Gasteiger partial charge >= 0.3 is 0 Å². The number of rotatable bonds is 7. The molecule has 1 rings (SSSR count). The molecular formula is C13H21NO3. The fourth-order valence-electron chi connectivity index (χ4n) is 1.76. The summed E-state index contributed by atoms with van der Waals surface area (Å²) >= 11 is 0. The molecule has 0 saturated heterocycles. The second-order valence-electron chi connectivity index (χ2n) is 3.68. The van der Waals surface area contributed by atoms with E-state index in [1.807, 2.05) is 18.2 Å². The largest absolute Gasteiger partial charge is 0.493 e. The van der Waals surface area contributed by atoms with Crippen LogP contribution in [0, 0.1) is 0 Å². The Morgan fingerprint density at radius 3 is 2.35 bits per heavy atom. The topological polar surface area (TPSA) is 39.7 Å². The van der Waals surface area contributed by atoms with Crippen LogP contribution in [0.25, 0.3) is 0 Å². The van der Waals surface area contributed by atoms with Gasteiger partial charge in [0.05, 0.1) is 26.9 Å². The summed E-state index contributed by atoms with van der Waals surface area (Å²) in [5, 5.41) is 3.37. The highest BCUT2D eigenvalue weighted by atomic mass is 16.5. The summed E-state index contributed by atoms with van der Waals surface area (Å²) in [7, 11) is 4.97. The van der Waals surface area contributed by atoms with Crippen LogP contribution in [0.5, 0.6) is 11.5 Å². The molecule has 1 N–H and O–H groups in total. The van der Waals surface area contributed by atoms with E-state index in [-0.39, 0.29) is 6.04 Å². The molecule has 0 saturated carbocycles. The maximum absolute atomic E-state index is 5.29. The van der Waals surface area contributed by atoms with Crippen molar-refractivity contribution >= 4 is 0 Å². The molecule has 1 aromatic rings. The van der Waals surface area contributed by atoms with Crippen molar-refractivity contribution in [3.05, 3.63) is 23.8 Å². The second-order valence-corrected chi connectivity index (χ2v) is 3.68. The van der Waals surface area contributed by atoms with Gasteiger partial charge in [-0.3, -0.25) is 0 Å². The first-order chi connectivity index (χ1) is 8.26. The number of hydrogen-bond donors (Lipinski definition) is 1. The highest BCUT2D eigenvalue weighted by molar-refractivity contribution is 5.43. The van der Waals surface area contributed by atoms with Crippen molar-refractivity contribution in [1.82, 2.24) is 5.32 Å². The molecule has 0 aromatic heterocycles. The van der Waals surface area contributed by atoms with Crippen molar-refractivity contribution in [2.75, 3.05) is 34.5 Å². The van der Waals surface area contributed by atoms with E-state index in [2.05, 4.69) is 12.2 Å². The molecule has 0 bridgehead atoms. The van der Waals surface area contributed by atoms with Crippen LogP contribution in [0.1, 0.15) is 18.5 Å². The average molecular weight is 239 g/mol. The van der Waals surface area contributed by atoms with Crippen LogP contribution >= 0.6 is 0 Å². The van der Waals surface area contributed by atoms with Crippen LogP contribution in [0.2, 0.25) is 0 Å². The normalized spacial score (nSPS) is 12.2. The Hall–Kier alpha value is -1.26. The fourth-order valence-corrected chi connectivity index (χ4v) is 1.76. The van der Waals surface area contributed by atoms with Gasteiger partial charge in [0.1, 0.15) is 0 Å². The van der Waals surface area contributed by atoms with E-state index in [1.54, 1.807) is 21.3 Å². The lowest BCUT2D eigenvalue weighted by molar-refractivity contribution is 0.167. The Morgan fingerprint density at radius 1 is 1.12 bits per heavy atom. The number of ether oxygens (including phenoxy) is 3. The van der Waals surface area contributed by atoms with Gasteiger partial charge < -0.3 is 19.5 Å². The van der Waals surface area contributed by atoms with E-state index in [4.69, 9.17) is 14.2 Å². The predicted molar refractivity (Wildman–Crippen MR) is 67.8 cm³/mol. The number of benzene rings is 1. The number of methoxy groups -OCH3 is 3. The second kappa shape index (κ2) is 7.14. The molecule has 0 aliphatic heterocycles. The maximum Gasteiger partial charge on any atom is 0.161 e. The lowest BCUT2D eigenvalue weighted by Crippen LogP contribution is -2.24. The standard InChI is InChI=1S/C13H21NO3/c1-5-14-11(9-15-2)10-6-7-12(16-3)13(8-10)17-4/h6-8,11,14H,5,9H2,1-4H3. The minimum Gasteiger partial charge on any atom is -0.493 e. The third-order valence-corrected chi connectivity index (χ3v) is 2.59. The minimum atomic E-state index is 0.171. The summed E-state index contributed by atoms with van der Waals surface area (Å²) in [6.07, 6.45) is 0. The zero-order valence-electron chi connectivity index (χ0n) is 10.9. The van der Waals surface area contributed by atoms with Crippen LogP contribution in [-0.4, -0.2) is 34.5 Å². The molecule has 0 fully saturated rings. The van der Waals surface area contributed by atoms with Gasteiger partial charge in [-0.05, 0) is 24.2 Å². The van der Waals surface area contributed by atoms with Crippen LogP contribution in [0.3, 0.4) is 0 Å². The number of nitrogens with one attached hydrogen (secondary N) is 1. The average Bonchev–Trinajstić information content (AvgIpc) is 2.37. The molecule has 0 heterocycles. The van der Waals surface area contributed by atoms with Crippen molar-refractivity contribution in [2.45, 2.75) is 13.0 Å². The molecule has 0 aliphatic rings. The van der Waals surface area contributed by atoms with Gasteiger partial charge in [0.25, 0.3) is 0 Å². The molecule has 0 radical (unpaired) electrons. The van der Waals surface area contributed by atoms with Crippen molar-refractivity contribution in [1.29, 1.82) is 0 Å². The predicted octanol–water partition coefficient (Wildman–Crippen LogP) is 2.00. The lowest BCUT2D eigenvalue weighted by Gasteiger charge is -2.18. The summed E-state index contributed by atoms with van der Waals surface area (Å²) in [5.74, 6) is 1.48. The quantitative estimate of drug-likeness (QED) is 0.790. The summed E-state index contributed by atoms with van der Waals surface area (Å²) in [4.78, 5) is 0. The van der Waals surface area contributed by atoms with Crippen LogP contribution < -0.4 is 14.8 Å². The molecule has 17 heavy (non-hydrogen) atoms. The van der Waals surface area contributed by atoms with Crippen LogP contribution in [0.4, 0.5) is 0 Å². The Balaban J connectivity index is 2.94. The third-order valence-electron chi connectivity index (χ3n) is 2.59. The lowest BCUT2D eigenvalue weighted by atomic mass is 10.1. The summed E-state index contributed by atoms with van der Waals surface area (Å²) < 4.78 is 15.7. The first-order valence-electron chi connectivity index (χ1n) is 5.71. The molecule has 1 unspecified atom stereocenters. The Labute approximate surface area is 103 Å². The van der Waals surface area contributed by atoms with Gasteiger partial charge in [-0.1, -0.05) is 13.0 Å². The minimum absolute atomic E-state index is 0.171. The van der Waals surface area contributed by atoms with E-state index < -0.39 is 0 Å². The van der Waals surface area contributed by atoms with Gasteiger partial charge in [0.15, 0.2) is 11.5 Å². The number of hydrogen-bond acceptors (Lipinski definition) is 4. The highest BCUT2D eigenvalue weighted by Crippen LogP contribution is 2.29. The molecule has 96 valence electrons. The van der Waals surface area contributed by atoms with Crippen molar-refractivity contribution in [3.8, 4) is 11.5 Å². The molecule has 4 nitrogen and oxygen atoms in total. The SMILES string of the molecule is CCNC(COC)c1ccc(OC)c(OC)c1. The van der Waals surface area contributed by atoms with Crippen molar-refractivity contribution in [2.24, 2.45) is 0 Å². The molecule has 1 aromatic carbocycles. The van der Waals surface area contributed by atoms with E-state index in [1.165, 1.54) is 0 Å². The summed E-state index contributed by atoms with van der Waals surface area (Å²) in [6, 6.07) is 6.08. The van der Waals surface area contributed by atoms with Crippen LogP contribution in [0.15, 0.2) is 18.2 Å². The van der Waals surface area contributed by atoms with Crippen molar-refractivity contribution in [3.63, 3.8) is 0 Å². The molecule has 4 heteroatoms. The molecular weight excluding hydrogens is 218 g/mol. The highest BCUT2D eigenvalue weighted by Gasteiger charge is 2.13. The van der Waals surface area contributed by atoms with Gasteiger partial charge in [-0.15, -0.1) is 0 Å². The molecule has 0 amide bonds. The van der Waals surface area contributed by atoms with Gasteiger partial charge in [-0.25, -0.2) is 0 Å². The number of likely N-dealkylation sites (N-methyl/N-ethyl adjacent to an activating group) is 1. The van der Waals surface area contributed by atoms with E-state index in [0.29, 0.717) is 6.61 Å². The monoisotopic (exact) mass is 239 g/mol. The smallest absolute Gasteiger partial charge is 0.161 e. The van der Waals surface area contributed by atoms with E-state index in [9.17, 15) is 0 Å². The molecule has 1 atom stereocenters. The molecule has 0 spiro atoms. The first kappa shape index (κ1) is 13.8. The Bertz CT molecular complexity index is 335. The Kier molecular flexibility index (Phi) is 5.80. The van der Waals surface area contributed by atoms with Gasteiger partial charge in [0, 0.05) is 7.11 Å². The summed E-state index contributed by atoms with van der Waals surface area (Å²) in [6.45, 7) is 3.59. The fraction of sp³-hybridized carbons (Fsp3) is 0.538. The van der Waals surface area contributed by atoms with E-state index in [0.717, 1.165) is 23.6 Å². The van der Waals surface area contributed by atoms with Gasteiger partial charge in [-0.2, -0.15) is 0 Å². The van der Waals surface area contributed by atoms with Crippen molar-refractivity contribution < 1.29 is 14.2 Å². The van der Waals surface area contributed by atoms with Crippen LogP contribution in [-0.2, 0) is 4.74 Å². The summed E-state index contributed by atoms with van der Waals surface area (Å²) in [5.41, 5.74) is 1.13. The zero-order valence-corrected chi connectivity index (χ0v) is 10.9. The first-order valence-corrected chi connectivity index (χ1v) is 5.71. The van der Waals surface area contributed by atoms with E-state index >= 15 is 0 Å². The van der Waals surface area contributed by atoms with Gasteiger partial charge in [0.2, 0.25) is 0 Å². The zero-order chi connectivity index (χ0) is 12.7. The Morgan fingerprint density at radius 2 is 1.82 bits per heavy atom. The maximum atomic E-state index is 5.29. The molecule has 0 aliphatic carbocycles. The third kappa shape index (κ3) is 3.61.